The van der Waals surface area contributed by atoms with Gasteiger partial charge in [0.25, 0.3) is 0 Å². The van der Waals surface area contributed by atoms with E-state index in [-0.39, 0.29) is 23.6 Å². The number of carbonyl (C=O) groups is 1. The number of aliphatic hydroxyl groups is 1. The first-order valence-corrected chi connectivity index (χ1v) is 13.1. The molecule has 2 aliphatic heterocycles. The molecule has 35 heavy (non-hydrogen) atoms. The van der Waals surface area contributed by atoms with Crippen LogP contribution in [0.15, 0.2) is 42.5 Å². The summed E-state index contributed by atoms with van der Waals surface area (Å²) in [5.41, 5.74) is 4.46. The van der Waals surface area contributed by atoms with Crippen LogP contribution in [0.5, 0.6) is 5.75 Å². The van der Waals surface area contributed by atoms with Gasteiger partial charge in [0.15, 0.2) is 0 Å². The molecule has 1 amide bonds. The van der Waals surface area contributed by atoms with Crippen molar-refractivity contribution in [2.45, 2.75) is 83.6 Å². The van der Waals surface area contributed by atoms with Gasteiger partial charge in [-0.15, -0.1) is 0 Å². The van der Waals surface area contributed by atoms with Crippen LogP contribution in [0, 0.1) is 0 Å². The number of fused-ring (bicyclic) bond motifs is 1. The van der Waals surface area contributed by atoms with E-state index in [0.29, 0.717) is 13.0 Å². The van der Waals surface area contributed by atoms with Gasteiger partial charge >= 0.3 is 0 Å². The predicted octanol–water partition coefficient (Wildman–Crippen LogP) is 4.15. The number of benzene rings is 2. The van der Waals surface area contributed by atoms with Crippen molar-refractivity contribution < 1.29 is 14.6 Å². The summed E-state index contributed by atoms with van der Waals surface area (Å²) in [4.78, 5) is 14.3. The molecule has 3 atom stereocenters. The Labute approximate surface area is 210 Å². The summed E-state index contributed by atoms with van der Waals surface area (Å²) in [5, 5.41) is 17.7. The number of nitrogens with one attached hydrogen (secondary N) is 2. The third kappa shape index (κ3) is 6.36. The molecule has 1 saturated heterocycles. The van der Waals surface area contributed by atoms with Crippen LogP contribution in [0.2, 0.25) is 0 Å². The van der Waals surface area contributed by atoms with Crippen LogP contribution in [0.1, 0.15) is 69.7 Å². The zero-order chi connectivity index (χ0) is 25.0. The number of aryl methyl sites for hydroxylation is 1. The lowest BCUT2D eigenvalue weighted by molar-refractivity contribution is -0.120. The molecule has 0 bridgehead atoms. The minimum absolute atomic E-state index is 0.0611. The molecule has 6 heteroatoms. The number of nitrogens with zero attached hydrogens (tertiary/aromatic N) is 1. The second-order valence-corrected chi connectivity index (χ2v) is 10.7. The van der Waals surface area contributed by atoms with Crippen LogP contribution >= 0.6 is 0 Å². The highest BCUT2D eigenvalue weighted by Crippen LogP contribution is 2.46. The third-order valence-electron chi connectivity index (χ3n) is 7.19. The van der Waals surface area contributed by atoms with Gasteiger partial charge in [-0.25, -0.2) is 0 Å². The number of amides is 1. The highest BCUT2D eigenvalue weighted by Gasteiger charge is 2.37. The second kappa shape index (κ2) is 11.0. The molecule has 0 radical (unpaired) electrons. The summed E-state index contributed by atoms with van der Waals surface area (Å²) >= 11 is 0. The summed E-state index contributed by atoms with van der Waals surface area (Å²) in [7, 11) is 0. The highest BCUT2D eigenvalue weighted by atomic mass is 16.5. The van der Waals surface area contributed by atoms with E-state index >= 15 is 0 Å². The van der Waals surface area contributed by atoms with E-state index in [1.165, 1.54) is 36.6 Å². The van der Waals surface area contributed by atoms with Crippen molar-refractivity contribution in [2.24, 2.45) is 0 Å². The van der Waals surface area contributed by atoms with Gasteiger partial charge in [0.1, 0.15) is 11.4 Å². The minimum Gasteiger partial charge on any atom is -0.485 e. The Morgan fingerprint density at radius 3 is 2.54 bits per heavy atom. The monoisotopic (exact) mass is 479 g/mol. The van der Waals surface area contributed by atoms with Crippen molar-refractivity contribution >= 4 is 11.6 Å². The van der Waals surface area contributed by atoms with E-state index in [4.69, 9.17) is 4.74 Å². The maximum atomic E-state index is 11.9. The van der Waals surface area contributed by atoms with Crippen LogP contribution in [0.4, 0.5) is 5.69 Å². The predicted molar refractivity (Wildman–Crippen MR) is 141 cm³/mol. The average Bonchev–Trinajstić information content (AvgIpc) is 3.36. The van der Waals surface area contributed by atoms with Crippen molar-refractivity contribution in [1.82, 2.24) is 10.6 Å². The first kappa shape index (κ1) is 25.5. The van der Waals surface area contributed by atoms with Crippen molar-refractivity contribution in [3.63, 3.8) is 0 Å². The maximum Gasteiger partial charge on any atom is 0.217 e. The average molecular weight is 480 g/mol. The molecule has 2 heterocycles. The summed E-state index contributed by atoms with van der Waals surface area (Å²) < 4.78 is 6.58. The number of ether oxygens (including phenoxy) is 1. The molecule has 0 saturated carbocycles. The van der Waals surface area contributed by atoms with E-state index < -0.39 is 6.10 Å². The van der Waals surface area contributed by atoms with Gasteiger partial charge in [-0.1, -0.05) is 43.3 Å². The summed E-state index contributed by atoms with van der Waals surface area (Å²) in [6.45, 7) is 10.5. The fourth-order valence-electron chi connectivity index (χ4n) is 5.38. The number of hydrogen-bond donors (Lipinski definition) is 3. The van der Waals surface area contributed by atoms with Gasteiger partial charge in [-0.05, 0) is 56.7 Å². The molecule has 0 spiro atoms. The zero-order valence-corrected chi connectivity index (χ0v) is 21.6. The van der Waals surface area contributed by atoms with E-state index in [2.05, 4.69) is 48.4 Å². The molecule has 6 nitrogen and oxygen atoms in total. The second-order valence-electron chi connectivity index (χ2n) is 10.7. The topological polar surface area (TPSA) is 73.8 Å². The van der Waals surface area contributed by atoms with E-state index in [9.17, 15) is 9.90 Å². The van der Waals surface area contributed by atoms with Gasteiger partial charge in [-0.2, -0.15) is 0 Å². The molecule has 4 rings (SSSR count). The molecule has 2 aliphatic rings. The van der Waals surface area contributed by atoms with Crippen molar-refractivity contribution in [3.05, 3.63) is 59.2 Å². The van der Waals surface area contributed by atoms with Crippen LogP contribution in [0.3, 0.4) is 0 Å². The smallest absolute Gasteiger partial charge is 0.217 e. The molecule has 190 valence electrons. The molecule has 2 aromatic rings. The zero-order valence-electron chi connectivity index (χ0n) is 21.6. The summed E-state index contributed by atoms with van der Waals surface area (Å²) in [6, 6.07) is 14.2. The van der Waals surface area contributed by atoms with Crippen LogP contribution in [-0.2, 0) is 17.6 Å². The number of aliphatic hydroxyl groups excluding tert-OH is 1. The quantitative estimate of drug-likeness (QED) is 0.504. The van der Waals surface area contributed by atoms with Crippen LogP contribution < -0.4 is 20.3 Å². The number of carbonyl (C=O) groups excluding carboxylic acids is 1. The van der Waals surface area contributed by atoms with Gasteiger partial charge in [0.05, 0.1) is 17.8 Å². The molecule has 0 unspecified atom stereocenters. The molecule has 3 N–H and O–H groups in total. The Hall–Kier alpha value is -2.57. The Balaban J connectivity index is 1.55. The molecule has 2 aromatic carbocycles. The minimum atomic E-state index is -0.721. The van der Waals surface area contributed by atoms with Gasteiger partial charge in [-0.3, -0.25) is 4.79 Å². The van der Waals surface area contributed by atoms with Gasteiger partial charge in [0, 0.05) is 44.6 Å². The molecule has 1 fully saturated rings. The Kier molecular flexibility index (Phi) is 8.02. The molecule has 0 aromatic heterocycles. The fraction of sp³-hybridized carbons (Fsp3) is 0.552. The Morgan fingerprint density at radius 2 is 1.89 bits per heavy atom. The maximum absolute atomic E-state index is 11.9. The summed E-state index contributed by atoms with van der Waals surface area (Å²) in [5.74, 6) is 0.848. The van der Waals surface area contributed by atoms with Crippen molar-refractivity contribution in [1.29, 1.82) is 0 Å². The van der Waals surface area contributed by atoms with Crippen LogP contribution in [0.25, 0.3) is 0 Å². The molecular formula is C29H41N3O3. The lowest BCUT2D eigenvalue weighted by Gasteiger charge is -2.41. The largest absolute Gasteiger partial charge is 0.485 e. The first-order valence-electron chi connectivity index (χ1n) is 13.1. The van der Waals surface area contributed by atoms with Crippen molar-refractivity contribution in [3.8, 4) is 5.75 Å². The lowest BCUT2D eigenvalue weighted by atomic mass is 9.87. The van der Waals surface area contributed by atoms with E-state index in [1.54, 1.807) is 0 Å². The number of hydrogen-bond acceptors (Lipinski definition) is 5. The highest BCUT2D eigenvalue weighted by molar-refractivity contribution is 5.73. The fourth-order valence-corrected chi connectivity index (χ4v) is 5.38. The van der Waals surface area contributed by atoms with E-state index in [0.717, 1.165) is 37.2 Å². The van der Waals surface area contributed by atoms with Gasteiger partial charge in [0.2, 0.25) is 5.91 Å². The van der Waals surface area contributed by atoms with Gasteiger partial charge < -0.3 is 25.4 Å². The SMILES string of the molecule is CCc1cc2c(c(N3CCCC3)c1)OC(C)(C)C[C@H]2NC[C@H](O)[C@H](Cc1ccccc1)NC(C)=O. The normalized spacial score (nSPS) is 20.6. The first-order chi connectivity index (χ1) is 16.8. The number of anilines is 1. The molecular weight excluding hydrogens is 438 g/mol. The van der Waals surface area contributed by atoms with Crippen LogP contribution in [-0.4, -0.2) is 48.4 Å². The standard InChI is InChI=1S/C29H41N3O3/c1-5-21-15-23-25(18-29(3,4)35-28(23)26(17-21)32-13-9-10-14-32)30-19-27(34)24(31-20(2)33)16-22-11-7-6-8-12-22/h6-8,11-12,15,17,24-25,27,30,34H,5,9-10,13-14,16,18-19H2,1-4H3,(H,31,33)/t24-,25+,27-/m0/s1. The number of rotatable bonds is 9. The summed E-state index contributed by atoms with van der Waals surface area (Å²) in [6.07, 6.45) is 4.07. The molecule has 0 aliphatic carbocycles. The van der Waals surface area contributed by atoms with E-state index in [1.807, 2.05) is 30.3 Å². The lowest BCUT2D eigenvalue weighted by Crippen LogP contribution is -2.49. The third-order valence-corrected chi connectivity index (χ3v) is 7.19. The Morgan fingerprint density at radius 1 is 1.17 bits per heavy atom. The Bertz CT molecular complexity index is 1000. The van der Waals surface area contributed by atoms with Crippen molar-refractivity contribution in [2.75, 3.05) is 24.5 Å².